The van der Waals surface area contributed by atoms with E-state index in [2.05, 4.69) is 0 Å². The van der Waals surface area contributed by atoms with E-state index in [4.69, 9.17) is 9.47 Å². The van der Waals surface area contributed by atoms with E-state index in [0.29, 0.717) is 6.42 Å². The van der Waals surface area contributed by atoms with Crippen LogP contribution in [-0.4, -0.2) is 26.3 Å². The van der Waals surface area contributed by atoms with Gasteiger partial charge in [0.25, 0.3) is 0 Å². The molecule has 0 bridgehead atoms. The van der Waals surface area contributed by atoms with Gasteiger partial charge in [-0.3, -0.25) is 4.79 Å². The summed E-state index contributed by atoms with van der Waals surface area (Å²) in [5.41, 5.74) is 0. The monoisotopic (exact) mass is 146 g/mol. The van der Waals surface area contributed by atoms with Gasteiger partial charge in [-0.1, -0.05) is 6.92 Å². The van der Waals surface area contributed by atoms with Crippen LogP contribution in [0, 0.1) is 0 Å². The van der Waals surface area contributed by atoms with Crippen LogP contribution in [0.25, 0.3) is 0 Å². The van der Waals surface area contributed by atoms with E-state index in [-0.39, 0.29) is 5.78 Å². The molecule has 0 atom stereocenters. The molecule has 0 aliphatic carbocycles. The van der Waals surface area contributed by atoms with Crippen molar-refractivity contribution in [3.8, 4) is 0 Å². The molecule has 0 heterocycles. The van der Waals surface area contributed by atoms with Crippen molar-refractivity contribution >= 4 is 5.78 Å². The van der Waals surface area contributed by atoms with E-state index in [0.717, 1.165) is 6.42 Å². The van der Waals surface area contributed by atoms with Crippen LogP contribution in [-0.2, 0) is 14.3 Å². The van der Waals surface area contributed by atoms with Gasteiger partial charge >= 0.3 is 0 Å². The Bertz CT molecular complexity index is 97.0. The van der Waals surface area contributed by atoms with Crippen LogP contribution in [0.5, 0.6) is 0 Å². The third kappa shape index (κ3) is 2.94. The molecule has 10 heavy (non-hydrogen) atoms. The van der Waals surface area contributed by atoms with E-state index in [9.17, 15) is 4.79 Å². The highest BCUT2D eigenvalue weighted by molar-refractivity contribution is 5.81. The average molecular weight is 146 g/mol. The fourth-order valence-corrected chi connectivity index (χ4v) is 0.723. The molecule has 0 aliphatic rings. The Morgan fingerprint density at radius 1 is 1.40 bits per heavy atom. The molecule has 3 heteroatoms. The minimum absolute atomic E-state index is 0.00694. The molecule has 0 fully saturated rings. The predicted molar refractivity (Wildman–Crippen MR) is 37.7 cm³/mol. The average Bonchev–Trinajstić information content (AvgIpc) is 1.91. The molecule has 0 aromatic heterocycles. The molecular weight excluding hydrogens is 132 g/mol. The minimum atomic E-state index is -0.667. The van der Waals surface area contributed by atoms with Crippen LogP contribution in [0.15, 0.2) is 0 Å². The van der Waals surface area contributed by atoms with Crippen molar-refractivity contribution in [2.75, 3.05) is 14.2 Å². The summed E-state index contributed by atoms with van der Waals surface area (Å²) in [6, 6.07) is 0. The van der Waals surface area contributed by atoms with E-state index < -0.39 is 6.29 Å². The van der Waals surface area contributed by atoms with Gasteiger partial charge in [0.2, 0.25) is 6.29 Å². The van der Waals surface area contributed by atoms with Gasteiger partial charge < -0.3 is 9.47 Å². The highest BCUT2D eigenvalue weighted by atomic mass is 16.7. The van der Waals surface area contributed by atoms with Crippen LogP contribution in [0.4, 0.5) is 0 Å². The summed E-state index contributed by atoms with van der Waals surface area (Å²) < 4.78 is 9.48. The molecule has 3 nitrogen and oxygen atoms in total. The molecule has 0 saturated carbocycles. The maximum Gasteiger partial charge on any atom is 0.217 e. The summed E-state index contributed by atoms with van der Waals surface area (Å²) in [4.78, 5) is 11.0. The zero-order chi connectivity index (χ0) is 7.98. The topological polar surface area (TPSA) is 35.5 Å². The van der Waals surface area contributed by atoms with Crippen LogP contribution < -0.4 is 0 Å². The normalized spacial score (nSPS) is 10.4. The Morgan fingerprint density at radius 2 is 1.90 bits per heavy atom. The van der Waals surface area contributed by atoms with E-state index in [1.807, 2.05) is 6.92 Å². The number of hydrogen-bond donors (Lipinski definition) is 0. The second-order valence-electron chi connectivity index (χ2n) is 2.02. The smallest absolute Gasteiger partial charge is 0.217 e. The molecule has 0 aromatic carbocycles. The van der Waals surface area contributed by atoms with Crippen LogP contribution in [0.2, 0.25) is 0 Å². The Hall–Kier alpha value is -0.410. The van der Waals surface area contributed by atoms with Crippen LogP contribution >= 0.6 is 0 Å². The summed E-state index contributed by atoms with van der Waals surface area (Å²) in [5.74, 6) is 0.00694. The Morgan fingerprint density at radius 3 is 2.20 bits per heavy atom. The SMILES string of the molecule is CCCC(=O)C(OC)OC. The lowest BCUT2D eigenvalue weighted by molar-refractivity contribution is -0.156. The second-order valence-corrected chi connectivity index (χ2v) is 2.02. The number of rotatable bonds is 5. The first-order valence-corrected chi connectivity index (χ1v) is 3.34. The molecule has 60 valence electrons. The van der Waals surface area contributed by atoms with Gasteiger partial charge in [-0.05, 0) is 6.42 Å². The number of methoxy groups -OCH3 is 2. The first-order valence-electron chi connectivity index (χ1n) is 3.34. The fraction of sp³-hybridized carbons (Fsp3) is 0.857. The standard InChI is InChI=1S/C7H14O3/c1-4-5-6(8)7(9-2)10-3/h7H,4-5H2,1-3H3. The predicted octanol–water partition coefficient (Wildman–Crippen LogP) is 0.974. The summed E-state index contributed by atoms with van der Waals surface area (Å²) in [5, 5.41) is 0. The zero-order valence-electron chi connectivity index (χ0n) is 6.72. The van der Waals surface area contributed by atoms with Gasteiger partial charge in [0.1, 0.15) is 0 Å². The van der Waals surface area contributed by atoms with Gasteiger partial charge in [0.05, 0.1) is 0 Å². The summed E-state index contributed by atoms with van der Waals surface area (Å²) in [6.45, 7) is 1.94. The third-order valence-corrected chi connectivity index (χ3v) is 1.19. The fourth-order valence-electron chi connectivity index (χ4n) is 0.723. The Balaban J connectivity index is 3.65. The lowest BCUT2D eigenvalue weighted by Crippen LogP contribution is -2.24. The Labute approximate surface area is 61.3 Å². The second kappa shape index (κ2) is 5.38. The van der Waals surface area contributed by atoms with Gasteiger partial charge in [-0.2, -0.15) is 0 Å². The van der Waals surface area contributed by atoms with Crippen molar-refractivity contribution in [3.05, 3.63) is 0 Å². The van der Waals surface area contributed by atoms with Crippen molar-refractivity contribution in [3.63, 3.8) is 0 Å². The number of Topliss-reactive ketones (excluding diaryl/α,β-unsaturated/α-hetero) is 1. The molecule has 0 N–H and O–H groups in total. The molecular formula is C7H14O3. The van der Waals surface area contributed by atoms with Gasteiger partial charge in [0.15, 0.2) is 5.78 Å². The van der Waals surface area contributed by atoms with Gasteiger partial charge in [0, 0.05) is 20.6 Å². The van der Waals surface area contributed by atoms with E-state index >= 15 is 0 Å². The lowest BCUT2D eigenvalue weighted by Gasteiger charge is -2.10. The molecule has 0 amide bonds. The maximum atomic E-state index is 11.0. The van der Waals surface area contributed by atoms with E-state index in [1.54, 1.807) is 0 Å². The van der Waals surface area contributed by atoms with Crippen molar-refractivity contribution in [1.82, 2.24) is 0 Å². The number of ketones is 1. The van der Waals surface area contributed by atoms with Crippen molar-refractivity contribution in [2.24, 2.45) is 0 Å². The number of carbonyl (C=O) groups excluding carboxylic acids is 1. The third-order valence-electron chi connectivity index (χ3n) is 1.19. The highest BCUT2D eigenvalue weighted by Gasteiger charge is 2.14. The molecule has 0 aliphatic heterocycles. The number of hydrogen-bond acceptors (Lipinski definition) is 3. The maximum absolute atomic E-state index is 11.0. The van der Waals surface area contributed by atoms with Crippen molar-refractivity contribution in [2.45, 2.75) is 26.1 Å². The summed E-state index contributed by atoms with van der Waals surface area (Å²) >= 11 is 0. The first kappa shape index (κ1) is 9.59. The van der Waals surface area contributed by atoms with Gasteiger partial charge in [-0.25, -0.2) is 0 Å². The molecule has 0 rings (SSSR count). The minimum Gasteiger partial charge on any atom is -0.349 e. The largest absolute Gasteiger partial charge is 0.349 e. The van der Waals surface area contributed by atoms with E-state index in [1.165, 1.54) is 14.2 Å². The van der Waals surface area contributed by atoms with Crippen molar-refractivity contribution < 1.29 is 14.3 Å². The summed E-state index contributed by atoms with van der Waals surface area (Å²) in [6.07, 6.45) is 0.689. The van der Waals surface area contributed by atoms with Gasteiger partial charge in [-0.15, -0.1) is 0 Å². The molecule has 0 aromatic rings. The number of carbonyl (C=O) groups is 1. The quantitative estimate of drug-likeness (QED) is 0.542. The first-order chi connectivity index (χ1) is 4.76. The Kier molecular flexibility index (Phi) is 5.16. The molecule has 0 unspecified atom stereocenters. The van der Waals surface area contributed by atoms with Crippen LogP contribution in [0.3, 0.4) is 0 Å². The molecule has 0 radical (unpaired) electrons. The summed E-state index contributed by atoms with van der Waals surface area (Å²) in [7, 11) is 2.92. The number of ether oxygens (including phenoxy) is 2. The van der Waals surface area contributed by atoms with Crippen molar-refractivity contribution in [1.29, 1.82) is 0 Å². The zero-order valence-corrected chi connectivity index (χ0v) is 6.72. The molecule has 0 saturated heterocycles. The van der Waals surface area contributed by atoms with Crippen LogP contribution in [0.1, 0.15) is 19.8 Å². The lowest BCUT2D eigenvalue weighted by atomic mass is 10.2. The highest BCUT2D eigenvalue weighted by Crippen LogP contribution is 1.98. The molecule has 0 spiro atoms.